The number of hydrogen-bond acceptors (Lipinski definition) is 7. The normalized spacial score (nSPS) is 11.4. The fraction of sp³-hybridized carbons (Fsp3) is 0. The van der Waals surface area contributed by atoms with Gasteiger partial charge in [-0.15, -0.1) is 0 Å². The molecule has 7 heteroatoms. The van der Waals surface area contributed by atoms with Crippen molar-refractivity contribution < 1.29 is 23.0 Å². The van der Waals surface area contributed by atoms with Gasteiger partial charge in [-0.1, -0.05) is 48.5 Å². The SMILES string of the molecule is c1ccc(Oc2cc(Oc3cc(Oc4ccccn4)c4oc5ccccc5c4c3)cc3c2oc2ccccc23)nc1. The lowest BCUT2D eigenvalue weighted by Gasteiger charge is -2.12. The van der Waals surface area contributed by atoms with E-state index in [1.807, 2.05) is 84.9 Å². The van der Waals surface area contributed by atoms with Gasteiger partial charge in [0.05, 0.1) is 0 Å². The first kappa shape index (κ1) is 23.1. The van der Waals surface area contributed by atoms with Crippen molar-refractivity contribution in [3.8, 4) is 34.8 Å². The molecule has 8 rings (SSSR count). The second-order valence-corrected chi connectivity index (χ2v) is 9.43. The van der Waals surface area contributed by atoms with Crippen LogP contribution in [0.5, 0.6) is 34.8 Å². The van der Waals surface area contributed by atoms with Crippen LogP contribution in [0.4, 0.5) is 0 Å². The van der Waals surface area contributed by atoms with E-state index in [0.717, 1.165) is 32.7 Å². The van der Waals surface area contributed by atoms with Gasteiger partial charge in [-0.2, -0.15) is 0 Å². The monoisotopic (exact) mass is 536 g/mol. The topological polar surface area (TPSA) is 79.8 Å². The van der Waals surface area contributed by atoms with Gasteiger partial charge in [0, 0.05) is 58.2 Å². The minimum atomic E-state index is 0.448. The molecule has 0 spiro atoms. The third kappa shape index (κ3) is 4.17. The summed E-state index contributed by atoms with van der Waals surface area (Å²) in [4.78, 5) is 8.64. The van der Waals surface area contributed by atoms with Gasteiger partial charge < -0.3 is 23.0 Å². The molecule has 0 bridgehead atoms. The Morgan fingerprint density at radius 1 is 0.439 bits per heavy atom. The molecule has 0 unspecified atom stereocenters. The molecule has 4 heterocycles. The van der Waals surface area contributed by atoms with Crippen LogP contribution in [0, 0.1) is 0 Å². The average molecular weight is 537 g/mol. The average Bonchev–Trinajstić information content (AvgIpc) is 3.58. The predicted molar refractivity (Wildman–Crippen MR) is 156 cm³/mol. The Bertz CT molecular complexity index is 2030. The molecule has 0 radical (unpaired) electrons. The van der Waals surface area contributed by atoms with Crippen LogP contribution in [0.15, 0.2) is 130 Å². The van der Waals surface area contributed by atoms with Crippen LogP contribution in [0.2, 0.25) is 0 Å². The van der Waals surface area contributed by atoms with Gasteiger partial charge in [-0.3, -0.25) is 0 Å². The zero-order valence-corrected chi connectivity index (χ0v) is 21.5. The van der Waals surface area contributed by atoms with Gasteiger partial charge in [0.15, 0.2) is 22.7 Å². The Hall–Kier alpha value is -5.82. The van der Waals surface area contributed by atoms with Gasteiger partial charge in [0.2, 0.25) is 11.8 Å². The Balaban J connectivity index is 1.28. The minimum Gasteiger partial charge on any atom is -0.457 e. The second kappa shape index (κ2) is 9.43. The van der Waals surface area contributed by atoms with Crippen LogP contribution in [0.25, 0.3) is 43.9 Å². The summed E-state index contributed by atoms with van der Waals surface area (Å²) < 4.78 is 31.3. The van der Waals surface area contributed by atoms with Crippen LogP contribution in [-0.4, -0.2) is 9.97 Å². The highest BCUT2D eigenvalue weighted by Crippen LogP contribution is 2.43. The molecule has 196 valence electrons. The van der Waals surface area contributed by atoms with Crippen molar-refractivity contribution >= 4 is 43.9 Å². The van der Waals surface area contributed by atoms with E-state index in [1.165, 1.54) is 0 Å². The number of ether oxygens (including phenoxy) is 3. The van der Waals surface area contributed by atoms with Gasteiger partial charge in [0.25, 0.3) is 0 Å². The molecule has 41 heavy (non-hydrogen) atoms. The van der Waals surface area contributed by atoms with E-state index in [1.54, 1.807) is 36.7 Å². The van der Waals surface area contributed by atoms with Gasteiger partial charge in [0.1, 0.15) is 22.7 Å². The first-order chi connectivity index (χ1) is 20.3. The molecule has 4 aromatic heterocycles. The number of furan rings is 2. The van der Waals surface area contributed by atoms with Crippen LogP contribution in [-0.2, 0) is 0 Å². The summed E-state index contributed by atoms with van der Waals surface area (Å²) >= 11 is 0. The molecule has 0 fully saturated rings. The number of aromatic nitrogens is 2. The third-order valence-electron chi connectivity index (χ3n) is 6.78. The molecular weight excluding hydrogens is 516 g/mol. The summed E-state index contributed by atoms with van der Waals surface area (Å²) in [6.07, 6.45) is 3.36. The Kier molecular flexibility index (Phi) is 5.31. The molecule has 7 nitrogen and oxygen atoms in total. The first-order valence-corrected chi connectivity index (χ1v) is 13.0. The molecule has 0 amide bonds. The van der Waals surface area contributed by atoms with Gasteiger partial charge in [-0.25, -0.2) is 9.97 Å². The van der Waals surface area contributed by atoms with Crippen molar-refractivity contribution in [1.29, 1.82) is 0 Å². The number of para-hydroxylation sites is 2. The first-order valence-electron chi connectivity index (χ1n) is 13.0. The standard InChI is InChI=1S/C34H20N2O5/c1-3-11-27-23(9-1)25-17-21(19-29(33(25)40-27)38-31-13-5-7-15-35-31)37-22-18-26-24-10-2-4-12-28(24)41-34(26)30(20-22)39-32-14-6-8-16-36-32/h1-20H. The number of pyridine rings is 2. The van der Waals surface area contributed by atoms with Gasteiger partial charge in [-0.05, 0) is 36.4 Å². The van der Waals surface area contributed by atoms with Crippen LogP contribution >= 0.6 is 0 Å². The number of hydrogen-bond donors (Lipinski definition) is 0. The molecule has 0 aliphatic carbocycles. The second-order valence-electron chi connectivity index (χ2n) is 9.43. The fourth-order valence-corrected chi connectivity index (χ4v) is 4.99. The molecule has 4 aromatic carbocycles. The maximum atomic E-state index is 6.50. The van der Waals surface area contributed by atoms with Crippen molar-refractivity contribution in [3.63, 3.8) is 0 Å². The van der Waals surface area contributed by atoms with E-state index in [-0.39, 0.29) is 0 Å². The van der Waals surface area contributed by atoms with Crippen molar-refractivity contribution in [2.75, 3.05) is 0 Å². The number of rotatable bonds is 6. The van der Waals surface area contributed by atoms with E-state index in [4.69, 9.17) is 23.0 Å². The highest BCUT2D eigenvalue weighted by atomic mass is 16.5. The predicted octanol–water partition coefficient (Wildman–Crippen LogP) is 9.65. The quantitative estimate of drug-likeness (QED) is 0.209. The molecule has 8 aromatic rings. The van der Waals surface area contributed by atoms with Crippen molar-refractivity contribution in [2.24, 2.45) is 0 Å². The van der Waals surface area contributed by atoms with E-state index >= 15 is 0 Å². The minimum absolute atomic E-state index is 0.448. The number of benzene rings is 4. The van der Waals surface area contributed by atoms with E-state index in [2.05, 4.69) is 9.97 Å². The van der Waals surface area contributed by atoms with Crippen molar-refractivity contribution in [2.45, 2.75) is 0 Å². The molecule has 0 saturated heterocycles. The smallest absolute Gasteiger partial charge is 0.219 e. The van der Waals surface area contributed by atoms with E-state index in [0.29, 0.717) is 45.9 Å². The lowest BCUT2D eigenvalue weighted by molar-refractivity contribution is 0.439. The number of fused-ring (bicyclic) bond motifs is 6. The highest BCUT2D eigenvalue weighted by Gasteiger charge is 2.19. The maximum absolute atomic E-state index is 6.50. The number of nitrogens with zero attached hydrogens (tertiary/aromatic N) is 2. The Morgan fingerprint density at radius 3 is 1.37 bits per heavy atom. The Morgan fingerprint density at radius 2 is 0.902 bits per heavy atom. The lowest BCUT2D eigenvalue weighted by atomic mass is 10.1. The fourth-order valence-electron chi connectivity index (χ4n) is 4.99. The zero-order valence-electron chi connectivity index (χ0n) is 21.5. The molecule has 0 atom stereocenters. The summed E-state index contributed by atoms with van der Waals surface area (Å²) in [7, 11) is 0. The summed E-state index contributed by atoms with van der Waals surface area (Å²) in [6.45, 7) is 0. The summed E-state index contributed by atoms with van der Waals surface area (Å²) in [5.74, 6) is 3.00. The van der Waals surface area contributed by atoms with Crippen LogP contribution in [0.3, 0.4) is 0 Å². The van der Waals surface area contributed by atoms with Crippen molar-refractivity contribution in [3.05, 3.63) is 122 Å². The molecule has 0 saturated carbocycles. The van der Waals surface area contributed by atoms with E-state index < -0.39 is 0 Å². The zero-order chi connectivity index (χ0) is 27.2. The van der Waals surface area contributed by atoms with E-state index in [9.17, 15) is 0 Å². The molecule has 0 aliphatic heterocycles. The molecule has 0 N–H and O–H groups in total. The molecular formula is C34H20N2O5. The van der Waals surface area contributed by atoms with Crippen LogP contribution in [0.1, 0.15) is 0 Å². The van der Waals surface area contributed by atoms with Crippen molar-refractivity contribution in [1.82, 2.24) is 9.97 Å². The summed E-state index contributed by atoms with van der Waals surface area (Å²) in [5, 5.41) is 3.64. The molecule has 0 aliphatic rings. The summed E-state index contributed by atoms with van der Waals surface area (Å²) in [6, 6.07) is 34.2. The Labute approximate surface area is 233 Å². The maximum Gasteiger partial charge on any atom is 0.219 e. The van der Waals surface area contributed by atoms with Crippen LogP contribution < -0.4 is 14.2 Å². The highest BCUT2D eigenvalue weighted by molar-refractivity contribution is 6.08. The summed E-state index contributed by atoms with van der Waals surface area (Å²) in [5.41, 5.74) is 2.73. The van der Waals surface area contributed by atoms with Gasteiger partial charge >= 0.3 is 0 Å². The third-order valence-corrected chi connectivity index (χ3v) is 6.78. The lowest BCUT2D eigenvalue weighted by Crippen LogP contribution is -1.91. The largest absolute Gasteiger partial charge is 0.457 e.